The lowest BCUT2D eigenvalue weighted by molar-refractivity contribution is 0.0732. The number of hydrogen-bond donors (Lipinski definition) is 2. The first-order chi connectivity index (χ1) is 7.11. The van der Waals surface area contributed by atoms with Crippen molar-refractivity contribution in [3.63, 3.8) is 0 Å². The Hall–Kier alpha value is -0.750. The molecule has 0 radical (unpaired) electrons. The van der Waals surface area contributed by atoms with E-state index in [1.54, 1.807) is 4.57 Å². The number of nitrogens with zero attached hydrogens (tertiary/aromatic N) is 3. The quantitative estimate of drug-likeness (QED) is 0.748. The molecule has 1 aromatic heterocycles. The number of nitrogens with two attached hydrogens (primary N) is 1. The lowest BCUT2D eigenvalue weighted by Gasteiger charge is -2.20. The Labute approximate surface area is 93.1 Å². The van der Waals surface area contributed by atoms with Gasteiger partial charge >= 0.3 is 0 Å². The van der Waals surface area contributed by atoms with E-state index in [0.29, 0.717) is 11.7 Å². The van der Waals surface area contributed by atoms with Crippen molar-refractivity contribution in [1.29, 1.82) is 0 Å². The van der Waals surface area contributed by atoms with Gasteiger partial charge in [-0.1, -0.05) is 24.6 Å². The fraction of sp³-hybridized carbons (Fsp3) is 0.778. The summed E-state index contributed by atoms with van der Waals surface area (Å²) >= 11 is 1.52. The number of hydrogen-bond acceptors (Lipinski definition) is 5. The second kappa shape index (κ2) is 4.02. The molecule has 2 rings (SSSR count). The lowest BCUT2D eigenvalue weighted by atomic mass is 10.1. The molecule has 3 N–H and O–H groups in total. The van der Waals surface area contributed by atoms with E-state index < -0.39 is 5.60 Å². The highest BCUT2D eigenvalue weighted by Gasteiger charge is 2.31. The Bertz CT molecular complexity index is 346. The van der Waals surface area contributed by atoms with Crippen LogP contribution in [0.15, 0.2) is 5.16 Å². The van der Waals surface area contributed by atoms with Crippen molar-refractivity contribution in [2.24, 2.45) is 7.05 Å². The molecule has 0 spiro atoms. The molecule has 5 nitrogen and oxygen atoms in total. The molecule has 0 aliphatic heterocycles. The van der Waals surface area contributed by atoms with Gasteiger partial charge < -0.3 is 10.8 Å². The fourth-order valence-electron chi connectivity index (χ4n) is 1.83. The molecule has 15 heavy (non-hydrogen) atoms. The number of nitrogen functional groups attached to an aromatic ring is 1. The fourth-order valence-corrected chi connectivity index (χ4v) is 2.90. The second-order valence-corrected chi connectivity index (χ2v) is 5.06. The maximum Gasteiger partial charge on any atom is 0.222 e. The van der Waals surface area contributed by atoms with E-state index in [1.165, 1.54) is 11.8 Å². The molecule has 1 aromatic rings. The van der Waals surface area contributed by atoms with E-state index in [1.807, 2.05) is 7.05 Å². The third kappa shape index (κ3) is 2.26. The van der Waals surface area contributed by atoms with Gasteiger partial charge in [0.05, 0.1) is 5.60 Å². The summed E-state index contributed by atoms with van der Waals surface area (Å²) in [6, 6.07) is 0. The molecule has 1 aliphatic rings. The molecule has 0 unspecified atom stereocenters. The van der Waals surface area contributed by atoms with Crippen LogP contribution in [0.2, 0.25) is 0 Å². The summed E-state index contributed by atoms with van der Waals surface area (Å²) in [6.07, 6.45) is 4.04. The minimum atomic E-state index is -0.509. The SMILES string of the molecule is Cn1c(N)nnc1SCC1(O)CCCC1. The zero-order valence-corrected chi connectivity index (χ0v) is 9.63. The Morgan fingerprint density at radius 1 is 1.47 bits per heavy atom. The van der Waals surface area contributed by atoms with E-state index in [4.69, 9.17) is 5.73 Å². The van der Waals surface area contributed by atoms with Crippen LogP contribution < -0.4 is 5.73 Å². The second-order valence-electron chi connectivity index (χ2n) is 4.12. The molecule has 1 heterocycles. The molecule has 0 atom stereocenters. The van der Waals surface area contributed by atoms with Crippen LogP contribution in [0.3, 0.4) is 0 Å². The van der Waals surface area contributed by atoms with Crippen LogP contribution in [0.4, 0.5) is 5.95 Å². The molecular formula is C9H16N4OS. The summed E-state index contributed by atoms with van der Waals surface area (Å²) in [5.74, 6) is 1.09. The number of anilines is 1. The van der Waals surface area contributed by atoms with Crippen LogP contribution in [-0.2, 0) is 7.05 Å². The first-order valence-corrected chi connectivity index (χ1v) is 6.09. The van der Waals surface area contributed by atoms with E-state index in [-0.39, 0.29) is 0 Å². The summed E-state index contributed by atoms with van der Waals surface area (Å²) in [5, 5.41) is 18.6. The maximum absolute atomic E-state index is 10.1. The van der Waals surface area contributed by atoms with Gasteiger partial charge in [-0.2, -0.15) is 0 Å². The highest BCUT2D eigenvalue weighted by Crippen LogP contribution is 2.34. The zero-order valence-electron chi connectivity index (χ0n) is 8.81. The van der Waals surface area contributed by atoms with Crippen molar-refractivity contribution in [3.8, 4) is 0 Å². The van der Waals surface area contributed by atoms with Crippen molar-refractivity contribution in [3.05, 3.63) is 0 Å². The first-order valence-electron chi connectivity index (χ1n) is 5.11. The van der Waals surface area contributed by atoms with Crippen LogP contribution >= 0.6 is 11.8 Å². The summed E-state index contributed by atoms with van der Waals surface area (Å²) < 4.78 is 1.74. The highest BCUT2D eigenvalue weighted by molar-refractivity contribution is 7.99. The van der Waals surface area contributed by atoms with Gasteiger partial charge in [-0.25, -0.2) is 0 Å². The van der Waals surface area contributed by atoms with Crippen molar-refractivity contribution in [2.75, 3.05) is 11.5 Å². The Morgan fingerprint density at radius 2 is 2.13 bits per heavy atom. The summed E-state index contributed by atoms with van der Waals surface area (Å²) in [5.41, 5.74) is 5.06. The van der Waals surface area contributed by atoms with Crippen LogP contribution in [0.1, 0.15) is 25.7 Å². The number of aliphatic hydroxyl groups is 1. The average Bonchev–Trinajstić information content (AvgIpc) is 2.75. The van der Waals surface area contributed by atoms with Gasteiger partial charge in [0.1, 0.15) is 0 Å². The predicted octanol–water partition coefficient (Wildman–Crippen LogP) is 0.794. The van der Waals surface area contributed by atoms with Crippen LogP contribution in [0, 0.1) is 0 Å². The third-order valence-corrected chi connectivity index (χ3v) is 4.17. The normalized spacial score (nSPS) is 19.6. The molecule has 1 aliphatic carbocycles. The molecule has 1 fully saturated rings. The summed E-state index contributed by atoms with van der Waals surface area (Å²) in [6.45, 7) is 0. The summed E-state index contributed by atoms with van der Waals surface area (Å²) in [7, 11) is 1.83. The van der Waals surface area contributed by atoms with Crippen LogP contribution in [0.5, 0.6) is 0 Å². The minimum Gasteiger partial charge on any atom is -0.389 e. The predicted molar refractivity (Wildman–Crippen MR) is 59.6 cm³/mol. The minimum absolute atomic E-state index is 0.413. The van der Waals surface area contributed by atoms with Crippen molar-refractivity contribution < 1.29 is 5.11 Å². The van der Waals surface area contributed by atoms with Crippen molar-refractivity contribution in [2.45, 2.75) is 36.4 Å². The molecule has 1 saturated carbocycles. The Morgan fingerprint density at radius 3 is 2.67 bits per heavy atom. The van der Waals surface area contributed by atoms with E-state index in [0.717, 1.165) is 30.8 Å². The number of aromatic nitrogens is 3. The van der Waals surface area contributed by atoms with Gasteiger partial charge in [-0.3, -0.25) is 4.57 Å². The lowest BCUT2D eigenvalue weighted by Crippen LogP contribution is -2.27. The van der Waals surface area contributed by atoms with Crippen LogP contribution in [-0.4, -0.2) is 31.2 Å². The highest BCUT2D eigenvalue weighted by atomic mass is 32.2. The largest absolute Gasteiger partial charge is 0.389 e. The van der Waals surface area contributed by atoms with Gasteiger partial charge in [0.2, 0.25) is 5.95 Å². The van der Waals surface area contributed by atoms with Gasteiger partial charge in [0.25, 0.3) is 0 Å². The third-order valence-electron chi connectivity index (χ3n) is 2.87. The zero-order chi connectivity index (χ0) is 10.9. The van der Waals surface area contributed by atoms with Gasteiger partial charge in [0, 0.05) is 12.8 Å². The van der Waals surface area contributed by atoms with Gasteiger partial charge in [0.15, 0.2) is 5.16 Å². The van der Waals surface area contributed by atoms with E-state index in [2.05, 4.69) is 10.2 Å². The molecular weight excluding hydrogens is 212 g/mol. The first kappa shape index (κ1) is 10.8. The average molecular weight is 228 g/mol. The van der Waals surface area contributed by atoms with E-state index in [9.17, 15) is 5.11 Å². The Balaban J connectivity index is 1.95. The molecule has 0 bridgehead atoms. The standard InChI is InChI=1S/C9H16N4OS/c1-13-7(10)11-12-8(13)15-6-9(14)4-2-3-5-9/h14H,2-6H2,1H3,(H2,10,11). The Kier molecular flexibility index (Phi) is 2.88. The smallest absolute Gasteiger partial charge is 0.222 e. The molecule has 0 aromatic carbocycles. The van der Waals surface area contributed by atoms with Crippen LogP contribution in [0.25, 0.3) is 0 Å². The topological polar surface area (TPSA) is 77.0 Å². The monoisotopic (exact) mass is 228 g/mol. The molecule has 0 amide bonds. The maximum atomic E-state index is 10.1. The number of rotatable bonds is 3. The molecule has 6 heteroatoms. The van der Waals surface area contributed by atoms with Crippen molar-refractivity contribution in [1.82, 2.24) is 14.8 Å². The van der Waals surface area contributed by atoms with Crippen molar-refractivity contribution >= 4 is 17.7 Å². The van der Waals surface area contributed by atoms with Gasteiger partial charge in [-0.05, 0) is 12.8 Å². The number of thioether (sulfide) groups is 1. The summed E-state index contributed by atoms with van der Waals surface area (Å²) in [4.78, 5) is 0. The molecule has 0 saturated heterocycles. The van der Waals surface area contributed by atoms with Gasteiger partial charge in [-0.15, -0.1) is 10.2 Å². The van der Waals surface area contributed by atoms with E-state index >= 15 is 0 Å². The molecule has 84 valence electrons.